The summed E-state index contributed by atoms with van der Waals surface area (Å²) in [6, 6.07) is 0. The average Bonchev–Trinajstić information content (AvgIpc) is 2.03. The molecule has 1 saturated heterocycles. The van der Waals surface area contributed by atoms with Crippen molar-refractivity contribution in [2.45, 2.75) is 25.4 Å². The van der Waals surface area contributed by atoms with Crippen LogP contribution in [0.1, 0.15) is 19.8 Å². The molecule has 0 aromatic carbocycles. The number of hydrogen-bond donors (Lipinski definition) is 2. The second-order valence-electron chi connectivity index (χ2n) is 3.16. The fourth-order valence-corrected chi connectivity index (χ4v) is 1.33. The first-order valence-electron chi connectivity index (χ1n) is 4.28. The van der Waals surface area contributed by atoms with Crippen molar-refractivity contribution in [3.63, 3.8) is 0 Å². The van der Waals surface area contributed by atoms with Gasteiger partial charge in [-0.1, -0.05) is 6.92 Å². The summed E-state index contributed by atoms with van der Waals surface area (Å²) >= 11 is 0. The molecule has 1 heterocycles. The van der Waals surface area contributed by atoms with E-state index in [9.17, 15) is 5.11 Å². The van der Waals surface area contributed by atoms with Gasteiger partial charge in [-0.2, -0.15) is 0 Å². The van der Waals surface area contributed by atoms with Crippen LogP contribution in [0.25, 0.3) is 0 Å². The molecule has 3 nitrogen and oxygen atoms in total. The van der Waals surface area contributed by atoms with Gasteiger partial charge in [0.05, 0.1) is 6.61 Å². The predicted molar refractivity (Wildman–Crippen MR) is 43.5 cm³/mol. The fourth-order valence-electron chi connectivity index (χ4n) is 1.33. The summed E-state index contributed by atoms with van der Waals surface area (Å²) in [5.41, 5.74) is -0.603. The van der Waals surface area contributed by atoms with Gasteiger partial charge in [-0.05, 0) is 19.4 Å². The van der Waals surface area contributed by atoms with Crippen LogP contribution in [0.4, 0.5) is 0 Å². The number of hydrogen-bond acceptors (Lipinski definition) is 3. The minimum atomic E-state index is -0.603. The maximum absolute atomic E-state index is 9.81. The lowest BCUT2D eigenvalue weighted by Crippen LogP contribution is -2.47. The molecule has 0 bridgehead atoms. The van der Waals surface area contributed by atoms with Crippen LogP contribution in [-0.2, 0) is 4.74 Å². The van der Waals surface area contributed by atoms with Crippen molar-refractivity contribution >= 4 is 0 Å². The van der Waals surface area contributed by atoms with Crippen molar-refractivity contribution in [1.29, 1.82) is 0 Å². The highest BCUT2D eigenvalue weighted by molar-refractivity contribution is 4.82. The summed E-state index contributed by atoms with van der Waals surface area (Å²) in [6.07, 6.45) is 1.84. The third kappa shape index (κ3) is 2.77. The Labute approximate surface area is 67.7 Å². The van der Waals surface area contributed by atoms with Crippen molar-refractivity contribution in [3.8, 4) is 0 Å². The molecular formula is C8H17NO2. The molecule has 3 heteroatoms. The van der Waals surface area contributed by atoms with Gasteiger partial charge in [-0.25, -0.2) is 0 Å². The van der Waals surface area contributed by atoms with E-state index in [0.717, 1.165) is 26.0 Å². The molecule has 0 amide bonds. The highest BCUT2D eigenvalue weighted by Crippen LogP contribution is 2.17. The van der Waals surface area contributed by atoms with Crippen LogP contribution in [-0.4, -0.2) is 37.0 Å². The molecule has 11 heavy (non-hydrogen) atoms. The predicted octanol–water partition coefficient (Wildman–Crippen LogP) is 0.137. The molecule has 0 aliphatic carbocycles. The van der Waals surface area contributed by atoms with Crippen LogP contribution in [0.3, 0.4) is 0 Å². The second kappa shape index (κ2) is 4.04. The van der Waals surface area contributed by atoms with E-state index < -0.39 is 5.60 Å². The van der Waals surface area contributed by atoms with Crippen LogP contribution in [0.15, 0.2) is 0 Å². The van der Waals surface area contributed by atoms with Crippen molar-refractivity contribution in [1.82, 2.24) is 5.32 Å². The highest BCUT2D eigenvalue weighted by atomic mass is 16.5. The zero-order valence-corrected chi connectivity index (χ0v) is 7.10. The van der Waals surface area contributed by atoms with Crippen molar-refractivity contribution in [2.24, 2.45) is 0 Å². The Balaban J connectivity index is 2.25. The smallest absolute Gasteiger partial charge is 0.100 e. The number of likely N-dealkylation sites (N-methyl/N-ethyl adjacent to an activating group) is 1. The van der Waals surface area contributed by atoms with E-state index in [0.29, 0.717) is 13.2 Å². The van der Waals surface area contributed by atoms with Gasteiger partial charge in [0, 0.05) is 13.2 Å². The van der Waals surface area contributed by atoms with Crippen LogP contribution < -0.4 is 5.32 Å². The minimum Gasteiger partial charge on any atom is -0.386 e. The Bertz CT molecular complexity index is 111. The number of rotatable bonds is 3. The molecule has 66 valence electrons. The first-order valence-corrected chi connectivity index (χ1v) is 4.28. The van der Waals surface area contributed by atoms with Gasteiger partial charge < -0.3 is 15.2 Å². The van der Waals surface area contributed by atoms with E-state index in [1.807, 2.05) is 6.92 Å². The van der Waals surface area contributed by atoms with Gasteiger partial charge in [-0.3, -0.25) is 0 Å². The Morgan fingerprint density at radius 2 is 2.45 bits per heavy atom. The topological polar surface area (TPSA) is 41.5 Å². The Hall–Kier alpha value is -0.120. The van der Waals surface area contributed by atoms with E-state index in [1.54, 1.807) is 0 Å². The molecule has 0 spiro atoms. The van der Waals surface area contributed by atoms with Crippen LogP contribution in [0.2, 0.25) is 0 Å². The molecule has 2 N–H and O–H groups in total. The number of aliphatic hydroxyl groups is 1. The molecule has 1 aliphatic rings. The first kappa shape index (κ1) is 8.97. The van der Waals surface area contributed by atoms with E-state index in [4.69, 9.17) is 4.74 Å². The summed E-state index contributed by atoms with van der Waals surface area (Å²) in [6.45, 7) is 4.88. The molecule has 1 aliphatic heterocycles. The quantitative estimate of drug-likeness (QED) is 0.615. The van der Waals surface area contributed by atoms with Crippen LogP contribution in [0, 0.1) is 0 Å². The lowest BCUT2D eigenvalue weighted by atomic mass is 9.97. The standard InChI is InChI=1S/C8H17NO2/c1-2-9-6-8(10)4-3-5-11-7-8/h9-10H,2-7H2,1H3. The van der Waals surface area contributed by atoms with Crippen LogP contribution >= 0.6 is 0 Å². The molecule has 0 radical (unpaired) electrons. The summed E-state index contributed by atoms with van der Waals surface area (Å²) in [4.78, 5) is 0. The third-order valence-corrected chi connectivity index (χ3v) is 2.01. The molecular weight excluding hydrogens is 142 g/mol. The number of nitrogens with one attached hydrogen (secondary N) is 1. The lowest BCUT2D eigenvalue weighted by molar-refractivity contribution is -0.0829. The Morgan fingerprint density at radius 1 is 1.64 bits per heavy atom. The summed E-state index contributed by atoms with van der Waals surface area (Å²) < 4.78 is 5.19. The van der Waals surface area contributed by atoms with E-state index in [-0.39, 0.29) is 0 Å². The Morgan fingerprint density at radius 3 is 3.00 bits per heavy atom. The van der Waals surface area contributed by atoms with Crippen molar-refractivity contribution in [3.05, 3.63) is 0 Å². The summed E-state index contributed by atoms with van der Waals surface area (Å²) in [5.74, 6) is 0. The van der Waals surface area contributed by atoms with Gasteiger partial charge in [0.15, 0.2) is 0 Å². The largest absolute Gasteiger partial charge is 0.386 e. The second-order valence-corrected chi connectivity index (χ2v) is 3.16. The molecule has 1 fully saturated rings. The van der Waals surface area contributed by atoms with E-state index in [1.165, 1.54) is 0 Å². The number of ether oxygens (including phenoxy) is 1. The zero-order chi connectivity index (χ0) is 8.16. The van der Waals surface area contributed by atoms with Crippen molar-refractivity contribution < 1.29 is 9.84 Å². The molecule has 0 saturated carbocycles. The normalized spacial score (nSPS) is 32.2. The highest BCUT2D eigenvalue weighted by Gasteiger charge is 2.28. The van der Waals surface area contributed by atoms with Gasteiger partial charge in [0.1, 0.15) is 5.60 Å². The van der Waals surface area contributed by atoms with E-state index in [2.05, 4.69) is 5.32 Å². The molecule has 1 rings (SSSR count). The van der Waals surface area contributed by atoms with Gasteiger partial charge >= 0.3 is 0 Å². The lowest BCUT2D eigenvalue weighted by Gasteiger charge is -2.31. The van der Waals surface area contributed by atoms with E-state index >= 15 is 0 Å². The monoisotopic (exact) mass is 159 g/mol. The maximum atomic E-state index is 9.81. The van der Waals surface area contributed by atoms with Crippen molar-refractivity contribution in [2.75, 3.05) is 26.3 Å². The van der Waals surface area contributed by atoms with Gasteiger partial charge in [0.2, 0.25) is 0 Å². The zero-order valence-electron chi connectivity index (χ0n) is 7.10. The van der Waals surface area contributed by atoms with Gasteiger partial charge in [0.25, 0.3) is 0 Å². The molecule has 1 unspecified atom stereocenters. The average molecular weight is 159 g/mol. The molecule has 1 atom stereocenters. The Kier molecular flexibility index (Phi) is 3.30. The fraction of sp³-hybridized carbons (Fsp3) is 1.00. The maximum Gasteiger partial charge on any atom is 0.100 e. The third-order valence-electron chi connectivity index (χ3n) is 2.01. The van der Waals surface area contributed by atoms with Crippen LogP contribution in [0.5, 0.6) is 0 Å². The molecule has 0 aromatic heterocycles. The van der Waals surface area contributed by atoms with Gasteiger partial charge in [-0.15, -0.1) is 0 Å². The first-order chi connectivity index (χ1) is 5.27. The molecule has 0 aromatic rings. The SMILES string of the molecule is CCNCC1(O)CCCOC1. The minimum absolute atomic E-state index is 0.486. The summed E-state index contributed by atoms with van der Waals surface area (Å²) in [7, 11) is 0. The summed E-state index contributed by atoms with van der Waals surface area (Å²) in [5, 5.41) is 12.9.